The minimum Gasteiger partial charge on any atom is -0.506 e. The Balaban J connectivity index is 2.25. The predicted octanol–water partition coefficient (Wildman–Crippen LogP) is 3.61. The molecule has 0 fully saturated rings. The molecule has 27 heavy (non-hydrogen) atoms. The molecule has 0 saturated carbocycles. The lowest BCUT2D eigenvalue weighted by atomic mass is 9.87. The molecule has 0 bridgehead atoms. The van der Waals surface area contributed by atoms with Gasteiger partial charge in [-0.3, -0.25) is 4.79 Å². The summed E-state index contributed by atoms with van der Waals surface area (Å²) >= 11 is 0. The molecule has 2 rings (SSSR count). The molecule has 8 heteroatoms. The van der Waals surface area contributed by atoms with Crippen LogP contribution >= 0.6 is 0 Å². The number of rotatable bonds is 4. The topological polar surface area (TPSA) is 109 Å². The number of carbonyl (C=O) groups excluding carboxylic acids is 1. The van der Waals surface area contributed by atoms with Gasteiger partial charge in [-0.15, -0.1) is 0 Å². The maximum absolute atomic E-state index is 12.4. The Labute approximate surface area is 159 Å². The van der Waals surface area contributed by atoms with E-state index in [-0.39, 0.29) is 27.7 Å². The van der Waals surface area contributed by atoms with Crippen molar-refractivity contribution in [2.75, 3.05) is 5.32 Å². The van der Waals surface area contributed by atoms with Crippen LogP contribution in [0.1, 0.15) is 57.7 Å². The van der Waals surface area contributed by atoms with Crippen LogP contribution in [0.15, 0.2) is 39.8 Å². The van der Waals surface area contributed by atoms with Gasteiger partial charge in [0.15, 0.2) is 5.76 Å². The van der Waals surface area contributed by atoms with Gasteiger partial charge in [0.05, 0.1) is 5.69 Å². The van der Waals surface area contributed by atoms with E-state index in [9.17, 15) is 18.3 Å². The fourth-order valence-corrected chi connectivity index (χ4v) is 3.68. The summed E-state index contributed by atoms with van der Waals surface area (Å²) in [6.45, 7) is 11.1. The first-order chi connectivity index (χ1) is 12.2. The summed E-state index contributed by atoms with van der Waals surface area (Å²) in [7, 11) is -3.88. The number of benzene rings is 1. The second-order valence-corrected chi connectivity index (χ2v) is 10.0. The number of carbonyl (C=O) groups is 1. The monoisotopic (exact) mass is 394 g/mol. The van der Waals surface area contributed by atoms with Crippen LogP contribution in [-0.4, -0.2) is 25.0 Å². The van der Waals surface area contributed by atoms with Crippen molar-refractivity contribution in [3.05, 3.63) is 41.7 Å². The molecular formula is C19H26N2O5S. The minimum atomic E-state index is -3.88. The van der Waals surface area contributed by atoms with E-state index in [2.05, 4.69) is 10.0 Å². The van der Waals surface area contributed by atoms with Gasteiger partial charge in [-0.1, -0.05) is 26.8 Å². The summed E-state index contributed by atoms with van der Waals surface area (Å²) in [5, 5.41) is 12.2. The molecule has 3 N–H and O–H groups in total. The van der Waals surface area contributed by atoms with E-state index in [0.717, 1.165) is 5.56 Å². The molecular weight excluding hydrogens is 368 g/mol. The van der Waals surface area contributed by atoms with Gasteiger partial charge >= 0.3 is 0 Å². The van der Waals surface area contributed by atoms with Crippen LogP contribution in [-0.2, 0) is 15.4 Å². The Kier molecular flexibility index (Phi) is 5.45. The zero-order valence-corrected chi connectivity index (χ0v) is 17.2. The van der Waals surface area contributed by atoms with Gasteiger partial charge < -0.3 is 14.8 Å². The molecule has 0 radical (unpaired) electrons. The molecule has 0 aliphatic carbocycles. The van der Waals surface area contributed by atoms with Gasteiger partial charge in [-0.25, -0.2) is 13.1 Å². The van der Waals surface area contributed by atoms with Crippen LogP contribution in [0.5, 0.6) is 5.75 Å². The van der Waals surface area contributed by atoms with Crippen molar-refractivity contribution in [2.24, 2.45) is 0 Å². The molecule has 1 amide bonds. The third-order valence-electron chi connectivity index (χ3n) is 3.62. The number of furan rings is 1. The summed E-state index contributed by atoms with van der Waals surface area (Å²) in [4.78, 5) is 12.4. The first-order valence-corrected chi connectivity index (χ1v) is 9.96. The van der Waals surface area contributed by atoms with Crippen LogP contribution in [0.4, 0.5) is 5.69 Å². The summed E-state index contributed by atoms with van der Waals surface area (Å²) < 4.78 is 32.2. The fraction of sp³-hybridized carbons (Fsp3) is 0.421. The van der Waals surface area contributed by atoms with E-state index in [1.807, 2.05) is 20.8 Å². The average Bonchev–Trinajstić information content (AvgIpc) is 2.96. The first kappa shape index (κ1) is 21.0. The number of phenols is 1. The second kappa shape index (κ2) is 7.01. The number of hydrogen-bond donors (Lipinski definition) is 3. The third kappa shape index (κ3) is 5.33. The molecule has 1 aromatic heterocycles. The molecule has 0 aliphatic rings. The standard InChI is InChI=1S/C19H26N2O5S/c1-18(2,3)12-7-8-14(22)13(11-12)20-17(23)15-9-10-16(26-15)27(24,25)21-19(4,5)6/h7-11,21-22H,1-6H3,(H,20,23). The number of anilines is 1. The highest BCUT2D eigenvalue weighted by molar-refractivity contribution is 7.89. The number of amides is 1. The largest absolute Gasteiger partial charge is 0.506 e. The smallest absolute Gasteiger partial charge is 0.291 e. The summed E-state index contributed by atoms with van der Waals surface area (Å²) in [6.07, 6.45) is 0. The normalized spacial score (nSPS) is 12.8. The van der Waals surface area contributed by atoms with Crippen LogP contribution in [0.3, 0.4) is 0 Å². The number of hydrogen-bond acceptors (Lipinski definition) is 5. The molecule has 2 aromatic rings. The van der Waals surface area contributed by atoms with E-state index >= 15 is 0 Å². The Morgan fingerprint density at radius 2 is 1.67 bits per heavy atom. The van der Waals surface area contributed by atoms with Crippen LogP contribution in [0, 0.1) is 0 Å². The van der Waals surface area contributed by atoms with Gasteiger partial charge in [0.1, 0.15) is 5.75 Å². The second-order valence-electron chi connectivity index (χ2n) is 8.41. The van der Waals surface area contributed by atoms with E-state index in [1.165, 1.54) is 18.2 Å². The number of sulfonamides is 1. The van der Waals surface area contributed by atoms with Gasteiger partial charge in [0, 0.05) is 5.54 Å². The van der Waals surface area contributed by atoms with E-state index < -0.39 is 21.5 Å². The van der Waals surface area contributed by atoms with Gasteiger partial charge in [-0.2, -0.15) is 0 Å². The highest BCUT2D eigenvalue weighted by Gasteiger charge is 2.26. The lowest BCUT2D eigenvalue weighted by Crippen LogP contribution is -2.40. The van der Waals surface area contributed by atoms with E-state index in [1.54, 1.807) is 32.9 Å². The predicted molar refractivity (Wildman–Crippen MR) is 104 cm³/mol. The molecule has 0 atom stereocenters. The summed E-state index contributed by atoms with van der Waals surface area (Å²) in [6, 6.07) is 7.45. The molecule has 0 aliphatic heterocycles. The number of phenolic OH excluding ortho intramolecular Hbond substituents is 1. The Hall–Kier alpha value is -2.32. The van der Waals surface area contributed by atoms with Crippen molar-refractivity contribution in [2.45, 2.75) is 57.6 Å². The zero-order chi connectivity index (χ0) is 20.6. The molecule has 1 heterocycles. The van der Waals surface area contributed by atoms with Crippen LogP contribution < -0.4 is 10.0 Å². The van der Waals surface area contributed by atoms with E-state index in [0.29, 0.717) is 0 Å². The lowest BCUT2D eigenvalue weighted by molar-refractivity contribution is 0.0991. The zero-order valence-electron chi connectivity index (χ0n) is 16.4. The molecule has 0 saturated heterocycles. The van der Waals surface area contributed by atoms with Crippen molar-refractivity contribution >= 4 is 21.6 Å². The first-order valence-electron chi connectivity index (χ1n) is 8.48. The SMILES string of the molecule is CC(C)(C)NS(=O)(=O)c1ccc(C(=O)Nc2cc(C(C)(C)C)ccc2O)o1. The fourth-order valence-electron chi connectivity index (χ4n) is 2.33. The Morgan fingerprint density at radius 3 is 2.22 bits per heavy atom. The van der Waals surface area contributed by atoms with Gasteiger partial charge in [0.25, 0.3) is 15.9 Å². The minimum absolute atomic E-state index is 0.0925. The molecule has 0 spiro atoms. The Bertz CT molecular complexity index is 947. The van der Waals surface area contributed by atoms with Gasteiger partial charge in [-0.05, 0) is 56.0 Å². The van der Waals surface area contributed by atoms with Crippen molar-refractivity contribution in [3.63, 3.8) is 0 Å². The summed E-state index contributed by atoms with van der Waals surface area (Å²) in [5.74, 6) is -0.927. The highest BCUT2D eigenvalue weighted by atomic mass is 32.2. The van der Waals surface area contributed by atoms with Crippen LogP contribution in [0.25, 0.3) is 0 Å². The van der Waals surface area contributed by atoms with Crippen molar-refractivity contribution in [1.29, 1.82) is 0 Å². The quantitative estimate of drug-likeness (QED) is 0.687. The van der Waals surface area contributed by atoms with E-state index in [4.69, 9.17) is 4.42 Å². The Morgan fingerprint density at radius 1 is 1.04 bits per heavy atom. The molecule has 148 valence electrons. The molecule has 0 unspecified atom stereocenters. The maximum atomic E-state index is 12.4. The number of aromatic hydroxyl groups is 1. The average molecular weight is 394 g/mol. The molecule has 7 nitrogen and oxygen atoms in total. The van der Waals surface area contributed by atoms with Gasteiger partial charge in [0.2, 0.25) is 5.09 Å². The van der Waals surface area contributed by atoms with Crippen molar-refractivity contribution < 1.29 is 22.7 Å². The highest BCUT2D eigenvalue weighted by Crippen LogP contribution is 2.31. The van der Waals surface area contributed by atoms with Crippen LogP contribution in [0.2, 0.25) is 0 Å². The third-order valence-corrected chi connectivity index (χ3v) is 5.25. The lowest BCUT2D eigenvalue weighted by Gasteiger charge is -2.20. The van der Waals surface area contributed by atoms with Crippen molar-refractivity contribution in [3.8, 4) is 5.75 Å². The molecule has 1 aromatic carbocycles. The number of nitrogens with one attached hydrogen (secondary N) is 2. The maximum Gasteiger partial charge on any atom is 0.291 e. The van der Waals surface area contributed by atoms with Crippen molar-refractivity contribution in [1.82, 2.24) is 4.72 Å². The summed E-state index contributed by atoms with van der Waals surface area (Å²) in [5.41, 5.74) is 0.291.